The van der Waals surface area contributed by atoms with E-state index >= 15 is 0 Å². The van der Waals surface area contributed by atoms with Crippen LogP contribution in [0.5, 0.6) is 0 Å². The molecule has 0 saturated heterocycles. The molecule has 5 nitrogen and oxygen atoms in total. The van der Waals surface area contributed by atoms with Crippen molar-refractivity contribution >= 4 is 11.7 Å². The topological polar surface area (TPSA) is 72.9 Å². The number of nitrogens with one attached hydrogen (secondary N) is 1. The lowest BCUT2D eigenvalue weighted by Gasteiger charge is -2.08. The molecule has 0 saturated carbocycles. The van der Waals surface area contributed by atoms with E-state index in [9.17, 15) is 4.79 Å². The standard InChI is InChI=1S/C9H14N4O/c1-4-6(2)12-9(14)7-5-11-13(3)8(7)10/h4-6H,1,10H2,2-3H3,(H,12,14). The average Bonchev–Trinajstić information content (AvgIpc) is 2.47. The van der Waals surface area contributed by atoms with E-state index in [4.69, 9.17) is 5.73 Å². The van der Waals surface area contributed by atoms with E-state index in [1.807, 2.05) is 6.92 Å². The maximum absolute atomic E-state index is 11.6. The van der Waals surface area contributed by atoms with Gasteiger partial charge in [-0.3, -0.25) is 9.48 Å². The third kappa shape index (κ3) is 1.93. The minimum Gasteiger partial charge on any atom is -0.383 e. The summed E-state index contributed by atoms with van der Waals surface area (Å²) in [7, 11) is 1.68. The second-order valence-electron chi connectivity index (χ2n) is 3.06. The Balaban J connectivity index is 2.80. The normalized spacial score (nSPS) is 12.1. The molecule has 0 fully saturated rings. The molecule has 76 valence electrons. The van der Waals surface area contributed by atoms with Gasteiger partial charge in [0, 0.05) is 13.1 Å². The monoisotopic (exact) mass is 194 g/mol. The lowest BCUT2D eigenvalue weighted by molar-refractivity contribution is 0.0948. The van der Waals surface area contributed by atoms with Crippen LogP contribution in [0, 0.1) is 0 Å². The summed E-state index contributed by atoms with van der Waals surface area (Å²) < 4.78 is 1.45. The van der Waals surface area contributed by atoms with Crippen molar-refractivity contribution < 1.29 is 4.79 Å². The summed E-state index contributed by atoms with van der Waals surface area (Å²) in [6, 6.07) is -0.0814. The lowest BCUT2D eigenvalue weighted by Crippen LogP contribution is -2.31. The van der Waals surface area contributed by atoms with Crippen LogP contribution >= 0.6 is 0 Å². The van der Waals surface area contributed by atoms with Crippen LogP contribution in [0.3, 0.4) is 0 Å². The molecule has 0 spiro atoms. The second kappa shape index (κ2) is 3.95. The first-order valence-electron chi connectivity index (χ1n) is 4.27. The van der Waals surface area contributed by atoms with E-state index in [0.717, 1.165) is 0 Å². The molecule has 3 N–H and O–H groups in total. The number of anilines is 1. The number of nitrogens with zero attached hydrogens (tertiary/aromatic N) is 2. The Morgan fingerprint density at radius 3 is 2.93 bits per heavy atom. The number of aryl methyl sites for hydroxylation is 1. The molecule has 0 bridgehead atoms. The fourth-order valence-electron chi connectivity index (χ4n) is 0.965. The first kappa shape index (κ1) is 10.3. The van der Waals surface area contributed by atoms with E-state index < -0.39 is 0 Å². The van der Waals surface area contributed by atoms with E-state index in [-0.39, 0.29) is 11.9 Å². The Labute approximate surface area is 82.6 Å². The number of hydrogen-bond donors (Lipinski definition) is 2. The largest absolute Gasteiger partial charge is 0.383 e. The smallest absolute Gasteiger partial charge is 0.257 e. The molecule has 1 rings (SSSR count). The van der Waals surface area contributed by atoms with Gasteiger partial charge in [0.05, 0.1) is 6.20 Å². The van der Waals surface area contributed by atoms with Crippen molar-refractivity contribution in [3.05, 3.63) is 24.4 Å². The SMILES string of the molecule is C=CC(C)NC(=O)c1cnn(C)c1N. The molecular formula is C9H14N4O. The third-order valence-corrected chi connectivity index (χ3v) is 1.94. The number of aromatic nitrogens is 2. The maximum Gasteiger partial charge on any atom is 0.257 e. The van der Waals surface area contributed by atoms with Crippen molar-refractivity contribution in [2.75, 3.05) is 5.73 Å². The van der Waals surface area contributed by atoms with Crippen molar-refractivity contribution in [2.45, 2.75) is 13.0 Å². The molecule has 1 aromatic rings. The van der Waals surface area contributed by atoms with Crippen LogP contribution in [0.1, 0.15) is 17.3 Å². The lowest BCUT2D eigenvalue weighted by atomic mass is 10.2. The van der Waals surface area contributed by atoms with Gasteiger partial charge in [0.2, 0.25) is 0 Å². The van der Waals surface area contributed by atoms with E-state index in [1.54, 1.807) is 13.1 Å². The van der Waals surface area contributed by atoms with Gasteiger partial charge < -0.3 is 11.1 Å². The number of amides is 1. The predicted molar refractivity (Wildman–Crippen MR) is 54.7 cm³/mol. The summed E-state index contributed by atoms with van der Waals surface area (Å²) in [6.07, 6.45) is 3.09. The van der Waals surface area contributed by atoms with Crippen LogP contribution in [0.15, 0.2) is 18.9 Å². The fourth-order valence-corrected chi connectivity index (χ4v) is 0.965. The zero-order valence-electron chi connectivity index (χ0n) is 8.32. The van der Waals surface area contributed by atoms with Crippen molar-refractivity contribution in [1.82, 2.24) is 15.1 Å². The minimum absolute atomic E-state index is 0.0814. The Morgan fingerprint density at radius 2 is 2.50 bits per heavy atom. The van der Waals surface area contributed by atoms with Crippen LogP contribution < -0.4 is 11.1 Å². The molecule has 1 heterocycles. The molecule has 0 aliphatic heterocycles. The average molecular weight is 194 g/mol. The van der Waals surface area contributed by atoms with Gasteiger partial charge in [-0.05, 0) is 6.92 Å². The molecule has 1 unspecified atom stereocenters. The predicted octanol–water partition coefficient (Wildman–Crippen LogP) is 0.307. The molecule has 0 radical (unpaired) electrons. The number of carbonyl (C=O) groups is 1. The third-order valence-electron chi connectivity index (χ3n) is 1.94. The number of rotatable bonds is 3. The second-order valence-corrected chi connectivity index (χ2v) is 3.06. The van der Waals surface area contributed by atoms with Gasteiger partial charge in [-0.1, -0.05) is 6.08 Å². The van der Waals surface area contributed by atoms with Crippen LogP contribution in [-0.4, -0.2) is 21.7 Å². The van der Waals surface area contributed by atoms with Crippen molar-refractivity contribution in [2.24, 2.45) is 7.05 Å². The van der Waals surface area contributed by atoms with Gasteiger partial charge in [0.15, 0.2) is 0 Å². The van der Waals surface area contributed by atoms with Crippen LogP contribution in [0.25, 0.3) is 0 Å². The summed E-state index contributed by atoms with van der Waals surface area (Å²) in [6.45, 7) is 5.40. The van der Waals surface area contributed by atoms with E-state index in [1.165, 1.54) is 10.9 Å². The molecule has 14 heavy (non-hydrogen) atoms. The van der Waals surface area contributed by atoms with Crippen LogP contribution in [-0.2, 0) is 7.05 Å². The first-order valence-corrected chi connectivity index (χ1v) is 4.27. The molecule has 0 aliphatic rings. The summed E-state index contributed by atoms with van der Waals surface area (Å²) in [4.78, 5) is 11.6. The zero-order chi connectivity index (χ0) is 10.7. The van der Waals surface area contributed by atoms with Crippen molar-refractivity contribution in [3.8, 4) is 0 Å². The molecule has 1 atom stereocenters. The Morgan fingerprint density at radius 1 is 1.86 bits per heavy atom. The summed E-state index contributed by atoms with van der Waals surface area (Å²) >= 11 is 0. The van der Waals surface area contributed by atoms with E-state index in [2.05, 4.69) is 17.0 Å². The number of nitrogens with two attached hydrogens (primary N) is 1. The van der Waals surface area contributed by atoms with Crippen molar-refractivity contribution in [1.29, 1.82) is 0 Å². The Hall–Kier alpha value is -1.78. The highest BCUT2D eigenvalue weighted by Gasteiger charge is 2.14. The van der Waals surface area contributed by atoms with Crippen LogP contribution in [0.2, 0.25) is 0 Å². The minimum atomic E-state index is -0.233. The summed E-state index contributed by atoms with van der Waals surface area (Å²) in [5, 5.41) is 6.59. The molecule has 1 amide bonds. The fraction of sp³-hybridized carbons (Fsp3) is 0.333. The quantitative estimate of drug-likeness (QED) is 0.680. The highest BCUT2D eigenvalue weighted by atomic mass is 16.1. The number of hydrogen-bond acceptors (Lipinski definition) is 3. The zero-order valence-corrected chi connectivity index (χ0v) is 8.32. The van der Waals surface area contributed by atoms with Gasteiger partial charge >= 0.3 is 0 Å². The van der Waals surface area contributed by atoms with Gasteiger partial charge in [-0.15, -0.1) is 6.58 Å². The molecule has 0 aliphatic carbocycles. The van der Waals surface area contributed by atoms with Gasteiger partial charge in [-0.25, -0.2) is 0 Å². The molecule has 1 aromatic heterocycles. The highest BCUT2D eigenvalue weighted by molar-refractivity contribution is 5.98. The maximum atomic E-state index is 11.6. The highest BCUT2D eigenvalue weighted by Crippen LogP contribution is 2.08. The number of nitrogen functional groups attached to an aromatic ring is 1. The van der Waals surface area contributed by atoms with Gasteiger partial charge in [-0.2, -0.15) is 5.10 Å². The van der Waals surface area contributed by atoms with Crippen LogP contribution in [0.4, 0.5) is 5.82 Å². The van der Waals surface area contributed by atoms with Crippen molar-refractivity contribution in [3.63, 3.8) is 0 Å². The van der Waals surface area contributed by atoms with Gasteiger partial charge in [0.25, 0.3) is 5.91 Å². The molecular weight excluding hydrogens is 180 g/mol. The van der Waals surface area contributed by atoms with Gasteiger partial charge in [0.1, 0.15) is 11.4 Å². The number of carbonyl (C=O) groups excluding carboxylic acids is 1. The Bertz CT molecular complexity index is 356. The first-order chi connectivity index (χ1) is 6.56. The molecule has 0 aromatic carbocycles. The summed E-state index contributed by atoms with van der Waals surface area (Å²) in [5.74, 6) is 0.127. The Kier molecular flexibility index (Phi) is 2.91. The summed E-state index contributed by atoms with van der Waals surface area (Å²) in [5.41, 5.74) is 6.02. The molecule has 5 heteroatoms. The van der Waals surface area contributed by atoms with E-state index in [0.29, 0.717) is 11.4 Å².